The van der Waals surface area contributed by atoms with Gasteiger partial charge in [-0.2, -0.15) is 0 Å². The van der Waals surface area contributed by atoms with Gasteiger partial charge in [0.25, 0.3) is 5.56 Å². The van der Waals surface area contributed by atoms with Crippen molar-refractivity contribution < 1.29 is 13.9 Å². The summed E-state index contributed by atoms with van der Waals surface area (Å²) in [6.07, 6.45) is 1.22. The minimum Gasteiger partial charge on any atom is -0.497 e. The molecule has 1 aromatic heterocycles. The Balaban J connectivity index is 1.46. The predicted molar refractivity (Wildman–Crippen MR) is 110 cm³/mol. The first-order chi connectivity index (χ1) is 14.5. The smallest absolute Gasteiger partial charge is 0.256 e. The molecule has 0 bridgehead atoms. The number of benzene rings is 2. The summed E-state index contributed by atoms with van der Waals surface area (Å²) in [5, 5.41) is 0. The van der Waals surface area contributed by atoms with Gasteiger partial charge >= 0.3 is 0 Å². The number of methoxy groups -OCH3 is 1. The maximum absolute atomic E-state index is 13.0. The molecule has 0 spiro atoms. The Morgan fingerprint density at radius 3 is 2.53 bits per heavy atom. The fourth-order valence-electron chi connectivity index (χ4n) is 3.60. The van der Waals surface area contributed by atoms with E-state index in [0.717, 1.165) is 22.6 Å². The molecule has 4 rings (SSSR count). The summed E-state index contributed by atoms with van der Waals surface area (Å²) in [5.74, 6) is 0.959. The van der Waals surface area contributed by atoms with Crippen molar-refractivity contribution in [2.24, 2.45) is 0 Å². The van der Waals surface area contributed by atoms with Crippen LogP contribution in [0.1, 0.15) is 28.2 Å². The number of halogens is 1. The topological polar surface area (TPSA) is 75.3 Å². The van der Waals surface area contributed by atoms with E-state index in [2.05, 4.69) is 9.97 Å². The minimum atomic E-state index is -0.332. The number of H-pyrrole nitrogens is 1. The van der Waals surface area contributed by atoms with Crippen LogP contribution in [-0.2, 0) is 30.6 Å². The lowest BCUT2D eigenvalue weighted by molar-refractivity contribution is -0.131. The number of nitrogens with zero attached hydrogens (tertiary/aromatic N) is 2. The van der Waals surface area contributed by atoms with E-state index in [1.54, 1.807) is 24.1 Å². The summed E-state index contributed by atoms with van der Waals surface area (Å²) < 4.78 is 18.2. The van der Waals surface area contributed by atoms with Crippen molar-refractivity contribution in [3.63, 3.8) is 0 Å². The van der Waals surface area contributed by atoms with E-state index < -0.39 is 0 Å². The van der Waals surface area contributed by atoms with Crippen molar-refractivity contribution in [2.75, 3.05) is 13.7 Å². The average Bonchev–Trinajstić information content (AvgIpc) is 2.75. The lowest BCUT2D eigenvalue weighted by atomic mass is 10.0. The zero-order chi connectivity index (χ0) is 21.1. The number of ether oxygens (including phenoxy) is 1. The van der Waals surface area contributed by atoms with Gasteiger partial charge in [-0.3, -0.25) is 9.59 Å². The largest absolute Gasteiger partial charge is 0.497 e. The van der Waals surface area contributed by atoms with Crippen LogP contribution in [0.3, 0.4) is 0 Å². The van der Waals surface area contributed by atoms with Gasteiger partial charge in [0.1, 0.15) is 17.4 Å². The van der Waals surface area contributed by atoms with E-state index in [-0.39, 0.29) is 30.2 Å². The molecule has 154 valence electrons. The molecule has 0 saturated heterocycles. The molecule has 1 N–H and O–H groups in total. The highest BCUT2D eigenvalue weighted by molar-refractivity contribution is 5.79. The Kier molecular flexibility index (Phi) is 5.61. The first kappa shape index (κ1) is 19.8. The second-order valence-electron chi connectivity index (χ2n) is 7.33. The highest BCUT2D eigenvalue weighted by Crippen LogP contribution is 2.17. The molecule has 1 amide bonds. The molecule has 1 aliphatic heterocycles. The van der Waals surface area contributed by atoms with Crippen molar-refractivity contribution >= 4 is 5.91 Å². The van der Waals surface area contributed by atoms with Crippen LogP contribution in [0.5, 0.6) is 5.75 Å². The third-order valence-corrected chi connectivity index (χ3v) is 5.27. The number of amides is 1. The Labute approximate surface area is 173 Å². The molecule has 30 heavy (non-hydrogen) atoms. The summed E-state index contributed by atoms with van der Waals surface area (Å²) >= 11 is 0. The quantitative estimate of drug-likeness (QED) is 0.706. The van der Waals surface area contributed by atoms with Gasteiger partial charge in [0.05, 0.1) is 31.3 Å². The molecule has 0 atom stereocenters. The molecule has 3 aromatic rings. The van der Waals surface area contributed by atoms with Gasteiger partial charge in [-0.25, -0.2) is 9.37 Å². The number of fused-ring (bicyclic) bond motifs is 1. The maximum atomic E-state index is 13.0. The van der Waals surface area contributed by atoms with Crippen molar-refractivity contribution in [1.29, 1.82) is 0 Å². The molecular formula is C23H22FN3O3. The minimum absolute atomic E-state index is 0.0889. The van der Waals surface area contributed by atoms with Crippen molar-refractivity contribution in [2.45, 2.75) is 25.8 Å². The van der Waals surface area contributed by atoms with Crippen LogP contribution in [0.4, 0.5) is 4.39 Å². The Hall–Kier alpha value is -3.48. The van der Waals surface area contributed by atoms with Crippen LogP contribution in [-0.4, -0.2) is 34.4 Å². The number of nitrogens with one attached hydrogen (secondary N) is 1. The predicted octanol–water partition coefficient (Wildman–Crippen LogP) is 2.64. The van der Waals surface area contributed by atoms with E-state index in [4.69, 9.17) is 4.74 Å². The summed E-state index contributed by atoms with van der Waals surface area (Å²) in [6.45, 7) is 0.742. The van der Waals surface area contributed by atoms with E-state index >= 15 is 0 Å². The van der Waals surface area contributed by atoms with Crippen LogP contribution >= 0.6 is 0 Å². The Morgan fingerprint density at radius 1 is 1.13 bits per heavy atom. The fourth-order valence-corrected chi connectivity index (χ4v) is 3.60. The maximum Gasteiger partial charge on any atom is 0.256 e. The first-order valence-corrected chi connectivity index (χ1v) is 9.78. The Morgan fingerprint density at radius 2 is 1.83 bits per heavy atom. The Bertz CT molecular complexity index is 1110. The monoisotopic (exact) mass is 407 g/mol. The molecule has 2 aromatic carbocycles. The molecule has 0 unspecified atom stereocenters. The van der Waals surface area contributed by atoms with Crippen molar-refractivity contribution in [3.05, 3.63) is 92.9 Å². The van der Waals surface area contributed by atoms with E-state index in [9.17, 15) is 14.0 Å². The molecule has 2 heterocycles. The van der Waals surface area contributed by atoms with Crippen molar-refractivity contribution in [1.82, 2.24) is 14.9 Å². The van der Waals surface area contributed by atoms with Crippen LogP contribution in [0.2, 0.25) is 0 Å². The molecule has 0 fully saturated rings. The van der Waals surface area contributed by atoms with Gasteiger partial charge < -0.3 is 14.6 Å². The van der Waals surface area contributed by atoms with Crippen LogP contribution in [0.15, 0.2) is 53.3 Å². The number of aromatic nitrogens is 2. The molecule has 0 radical (unpaired) electrons. The van der Waals surface area contributed by atoms with E-state index in [1.165, 1.54) is 12.1 Å². The number of hydrogen-bond donors (Lipinski definition) is 1. The summed E-state index contributed by atoms with van der Waals surface area (Å²) in [6, 6.07) is 13.5. The van der Waals surface area contributed by atoms with Crippen LogP contribution in [0.25, 0.3) is 0 Å². The summed E-state index contributed by atoms with van der Waals surface area (Å²) in [4.78, 5) is 34.4. The lowest BCUT2D eigenvalue weighted by Gasteiger charge is -2.28. The zero-order valence-corrected chi connectivity index (χ0v) is 16.7. The second-order valence-corrected chi connectivity index (χ2v) is 7.33. The normalized spacial score (nSPS) is 13.1. The van der Waals surface area contributed by atoms with Gasteiger partial charge in [0.2, 0.25) is 5.91 Å². The fraction of sp³-hybridized carbons (Fsp3) is 0.261. The standard InChI is InChI=1S/C23H22FN3O3/c1-30-18-8-4-15(5-9-18)12-21-25-20-10-11-27(14-19(20)23(29)26-21)22(28)13-16-2-6-17(24)7-3-16/h2-9H,10-14H2,1H3,(H,25,26,29). The van der Waals surface area contributed by atoms with E-state index in [0.29, 0.717) is 30.8 Å². The van der Waals surface area contributed by atoms with Crippen LogP contribution in [0, 0.1) is 5.82 Å². The van der Waals surface area contributed by atoms with E-state index in [1.807, 2.05) is 24.3 Å². The van der Waals surface area contributed by atoms with Gasteiger partial charge in [-0.1, -0.05) is 24.3 Å². The third-order valence-electron chi connectivity index (χ3n) is 5.27. The van der Waals surface area contributed by atoms with Gasteiger partial charge in [-0.15, -0.1) is 0 Å². The lowest BCUT2D eigenvalue weighted by Crippen LogP contribution is -2.40. The number of carbonyl (C=O) groups is 1. The molecular weight excluding hydrogens is 385 g/mol. The molecule has 1 aliphatic rings. The molecule has 0 saturated carbocycles. The number of aromatic amines is 1. The second kappa shape index (κ2) is 8.49. The third kappa shape index (κ3) is 4.40. The van der Waals surface area contributed by atoms with Gasteiger partial charge in [0.15, 0.2) is 0 Å². The van der Waals surface area contributed by atoms with Crippen LogP contribution < -0.4 is 10.3 Å². The average molecular weight is 407 g/mol. The number of rotatable bonds is 5. The SMILES string of the molecule is COc1ccc(Cc2nc3c(c(=O)[nH]2)CN(C(=O)Cc2ccc(F)cc2)CC3)cc1. The molecule has 6 nitrogen and oxygen atoms in total. The van der Waals surface area contributed by atoms with Gasteiger partial charge in [0, 0.05) is 19.4 Å². The van der Waals surface area contributed by atoms with Gasteiger partial charge in [-0.05, 0) is 35.4 Å². The zero-order valence-electron chi connectivity index (χ0n) is 16.7. The summed E-state index contributed by atoms with van der Waals surface area (Å²) in [7, 11) is 1.62. The molecule has 7 heteroatoms. The van der Waals surface area contributed by atoms with Crippen molar-refractivity contribution in [3.8, 4) is 5.75 Å². The first-order valence-electron chi connectivity index (χ1n) is 9.78. The summed E-state index contributed by atoms with van der Waals surface area (Å²) in [5.41, 5.74) is 2.84. The number of hydrogen-bond acceptors (Lipinski definition) is 4. The number of carbonyl (C=O) groups excluding carboxylic acids is 1. The highest BCUT2D eigenvalue weighted by Gasteiger charge is 2.24. The molecule has 0 aliphatic carbocycles. The highest BCUT2D eigenvalue weighted by atomic mass is 19.1.